The summed E-state index contributed by atoms with van der Waals surface area (Å²) < 4.78 is 20.4. The van der Waals surface area contributed by atoms with Crippen LogP contribution in [0.2, 0.25) is 0 Å². The smallest absolute Gasteiger partial charge is 0.343 e. The van der Waals surface area contributed by atoms with Crippen molar-refractivity contribution in [3.05, 3.63) is 23.8 Å². The first-order valence-electron chi connectivity index (χ1n) is 7.33. The van der Waals surface area contributed by atoms with Crippen LogP contribution in [0.5, 0.6) is 11.5 Å². The molecule has 0 radical (unpaired) electrons. The van der Waals surface area contributed by atoms with Gasteiger partial charge >= 0.3 is 5.97 Å². The van der Waals surface area contributed by atoms with Crippen LogP contribution in [0.15, 0.2) is 18.2 Å². The van der Waals surface area contributed by atoms with Crippen LogP contribution >= 0.6 is 0 Å². The highest BCUT2D eigenvalue weighted by atomic mass is 16.6. The lowest BCUT2D eigenvalue weighted by Crippen LogP contribution is -2.47. The van der Waals surface area contributed by atoms with Crippen LogP contribution in [0.3, 0.4) is 0 Å². The van der Waals surface area contributed by atoms with E-state index in [1.807, 2.05) is 6.92 Å². The highest BCUT2D eigenvalue weighted by Gasteiger charge is 2.25. The van der Waals surface area contributed by atoms with Gasteiger partial charge in [0, 0.05) is 12.1 Å². The van der Waals surface area contributed by atoms with Crippen molar-refractivity contribution in [3.63, 3.8) is 0 Å². The van der Waals surface area contributed by atoms with Crippen molar-refractivity contribution in [2.45, 2.75) is 13.0 Å². The fourth-order valence-electron chi connectivity index (χ4n) is 2.31. The molecule has 1 fully saturated rings. The molecule has 2 rings (SSSR count). The Morgan fingerprint density at radius 3 is 2.74 bits per heavy atom. The van der Waals surface area contributed by atoms with Gasteiger partial charge in [0.05, 0.1) is 33.5 Å². The van der Waals surface area contributed by atoms with Crippen molar-refractivity contribution in [2.75, 3.05) is 40.6 Å². The van der Waals surface area contributed by atoms with E-state index in [9.17, 15) is 9.59 Å². The number of benzene rings is 1. The average molecular weight is 323 g/mol. The van der Waals surface area contributed by atoms with Crippen LogP contribution < -0.4 is 9.47 Å². The Labute approximate surface area is 135 Å². The number of esters is 1. The number of carbonyl (C=O) groups is 2. The Kier molecular flexibility index (Phi) is 5.81. The lowest BCUT2D eigenvalue weighted by molar-refractivity contribution is -0.142. The fraction of sp³-hybridized carbons (Fsp3) is 0.500. The topological polar surface area (TPSA) is 74.3 Å². The second-order valence-electron chi connectivity index (χ2n) is 5.15. The molecule has 0 aliphatic carbocycles. The maximum Gasteiger partial charge on any atom is 0.343 e. The normalized spacial score (nSPS) is 17.5. The van der Waals surface area contributed by atoms with E-state index >= 15 is 0 Å². The highest BCUT2D eigenvalue weighted by Crippen LogP contribution is 2.29. The molecule has 7 nitrogen and oxygen atoms in total. The molecule has 1 aromatic carbocycles. The van der Waals surface area contributed by atoms with Gasteiger partial charge in [0.1, 0.15) is 0 Å². The summed E-state index contributed by atoms with van der Waals surface area (Å²) in [5, 5.41) is 0. The summed E-state index contributed by atoms with van der Waals surface area (Å²) in [5.41, 5.74) is 0.501. The van der Waals surface area contributed by atoms with Gasteiger partial charge in [-0.25, -0.2) is 4.79 Å². The standard InChI is InChI=1S/C16H21NO6/c1-11-9-22-7-6-17(11)16(19)12-4-5-13(14(8-12)20-2)23-10-15(18)21-3/h4-5,8,11H,6-7,9-10H2,1-3H3/t11-/m1/s1. The Morgan fingerprint density at radius 1 is 1.30 bits per heavy atom. The largest absolute Gasteiger partial charge is 0.493 e. The molecule has 23 heavy (non-hydrogen) atoms. The van der Waals surface area contributed by atoms with Crippen molar-refractivity contribution in [1.82, 2.24) is 4.90 Å². The van der Waals surface area contributed by atoms with Crippen LogP contribution in [-0.4, -0.2) is 63.4 Å². The van der Waals surface area contributed by atoms with Gasteiger partial charge in [-0.3, -0.25) is 4.79 Å². The van der Waals surface area contributed by atoms with Crippen molar-refractivity contribution in [3.8, 4) is 11.5 Å². The number of ether oxygens (including phenoxy) is 4. The fourth-order valence-corrected chi connectivity index (χ4v) is 2.31. The Bertz CT molecular complexity index is 574. The van der Waals surface area contributed by atoms with E-state index < -0.39 is 5.97 Å². The van der Waals surface area contributed by atoms with Crippen molar-refractivity contribution in [1.29, 1.82) is 0 Å². The van der Waals surface area contributed by atoms with Crippen LogP contribution in [0.1, 0.15) is 17.3 Å². The van der Waals surface area contributed by atoms with Crippen LogP contribution in [0.25, 0.3) is 0 Å². The second kappa shape index (κ2) is 7.82. The van der Waals surface area contributed by atoms with Crippen molar-refractivity contribution >= 4 is 11.9 Å². The zero-order valence-electron chi connectivity index (χ0n) is 13.5. The second-order valence-corrected chi connectivity index (χ2v) is 5.15. The molecular weight excluding hydrogens is 302 g/mol. The minimum Gasteiger partial charge on any atom is -0.493 e. The molecule has 0 bridgehead atoms. The summed E-state index contributed by atoms with van der Waals surface area (Å²) in [7, 11) is 2.76. The summed E-state index contributed by atoms with van der Waals surface area (Å²) in [6, 6.07) is 4.90. The van der Waals surface area contributed by atoms with Gasteiger partial charge < -0.3 is 23.8 Å². The van der Waals surface area contributed by atoms with Crippen LogP contribution in [-0.2, 0) is 14.3 Å². The van der Waals surface area contributed by atoms with Crippen molar-refractivity contribution in [2.24, 2.45) is 0 Å². The zero-order chi connectivity index (χ0) is 16.8. The lowest BCUT2D eigenvalue weighted by Gasteiger charge is -2.33. The van der Waals surface area contributed by atoms with Gasteiger partial charge in [-0.05, 0) is 25.1 Å². The molecule has 0 aromatic heterocycles. The summed E-state index contributed by atoms with van der Waals surface area (Å²) >= 11 is 0. The van der Waals surface area contributed by atoms with Gasteiger partial charge in [-0.15, -0.1) is 0 Å². The number of rotatable bonds is 5. The third kappa shape index (κ3) is 4.13. The minimum atomic E-state index is -0.491. The molecule has 0 spiro atoms. The van der Waals surface area contributed by atoms with E-state index in [1.165, 1.54) is 14.2 Å². The maximum atomic E-state index is 12.6. The predicted octanol–water partition coefficient (Wildman–Crippen LogP) is 1.11. The number of carbonyl (C=O) groups excluding carboxylic acids is 2. The molecule has 1 saturated heterocycles. The maximum absolute atomic E-state index is 12.6. The van der Waals surface area contributed by atoms with Gasteiger partial charge in [0.25, 0.3) is 5.91 Å². The van der Waals surface area contributed by atoms with Crippen LogP contribution in [0, 0.1) is 0 Å². The third-order valence-electron chi connectivity index (χ3n) is 3.61. The molecule has 0 N–H and O–H groups in total. The van der Waals surface area contributed by atoms with Crippen molar-refractivity contribution < 1.29 is 28.5 Å². The molecule has 1 heterocycles. The van der Waals surface area contributed by atoms with Gasteiger partial charge in [0.2, 0.25) is 0 Å². The first-order valence-corrected chi connectivity index (χ1v) is 7.33. The Morgan fingerprint density at radius 2 is 2.09 bits per heavy atom. The van der Waals surface area contributed by atoms with E-state index in [1.54, 1.807) is 23.1 Å². The number of hydrogen-bond donors (Lipinski definition) is 0. The summed E-state index contributed by atoms with van der Waals surface area (Å²) in [4.78, 5) is 25.5. The Hall–Kier alpha value is -2.28. The van der Waals surface area contributed by atoms with Gasteiger partial charge in [0.15, 0.2) is 18.1 Å². The summed E-state index contributed by atoms with van der Waals surface area (Å²) in [5.74, 6) is 0.193. The van der Waals surface area contributed by atoms with Gasteiger partial charge in [-0.1, -0.05) is 0 Å². The molecule has 7 heteroatoms. The van der Waals surface area contributed by atoms with E-state index in [4.69, 9.17) is 14.2 Å². The molecule has 1 atom stereocenters. The minimum absolute atomic E-state index is 0.0255. The SMILES string of the molecule is COC(=O)COc1ccc(C(=O)N2CCOC[C@H]2C)cc1OC. The summed E-state index contributed by atoms with van der Waals surface area (Å²) in [6.45, 7) is 3.35. The van der Waals surface area contributed by atoms with Gasteiger partial charge in [-0.2, -0.15) is 0 Å². The number of hydrogen-bond acceptors (Lipinski definition) is 6. The van der Waals surface area contributed by atoms with E-state index in [-0.39, 0.29) is 18.6 Å². The molecule has 126 valence electrons. The highest BCUT2D eigenvalue weighted by molar-refractivity contribution is 5.95. The van der Waals surface area contributed by atoms with Crippen LogP contribution in [0.4, 0.5) is 0 Å². The number of methoxy groups -OCH3 is 2. The van der Waals surface area contributed by atoms with E-state index in [0.29, 0.717) is 36.8 Å². The zero-order valence-corrected chi connectivity index (χ0v) is 13.5. The number of nitrogens with zero attached hydrogens (tertiary/aromatic N) is 1. The monoisotopic (exact) mass is 323 g/mol. The molecule has 0 saturated carbocycles. The predicted molar refractivity (Wildman–Crippen MR) is 81.8 cm³/mol. The molecule has 1 aromatic rings. The van der Waals surface area contributed by atoms with E-state index in [2.05, 4.69) is 4.74 Å². The van der Waals surface area contributed by atoms with E-state index in [0.717, 1.165) is 0 Å². The number of amides is 1. The Balaban J connectivity index is 2.14. The molecular formula is C16H21NO6. The lowest BCUT2D eigenvalue weighted by atomic mass is 10.1. The quantitative estimate of drug-likeness (QED) is 0.756. The first kappa shape index (κ1) is 17.1. The molecule has 1 aliphatic heterocycles. The third-order valence-corrected chi connectivity index (χ3v) is 3.61. The first-order chi connectivity index (χ1) is 11.1. The number of morpholine rings is 1. The summed E-state index contributed by atoms with van der Waals surface area (Å²) in [6.07, 6.45) is 0. The molecule has 0 unspecified atom stereocenters. The average Bonchev–Trinajstić information content (AvgIpc) is 2.59. The molecule has 1 amide bonds. The molecule has 1 aliphatic rings.